The van der Waals surface area contributed by atoms with E-state index in [1.807, 2.05) is 4.90 Å². The maximum Gasteiger partial charge on any atom is 0.409 e. The van der Waals surface area contributed by atoms with Gasteiger partial charge in [0, 0.05) is 12.6 Å². The number of cyclic esters (lactones) is 1. The van der Waals surface area contributed by atoms with Crippen LogP contribution in [0.3, 0.4) is 0 Å². The van der Waals surface area contributed by atoms with Crippen LogP contribution < -0.4 is 5.32 Å². The topological polar surface area (TPSA) is 41.6 Å². The monoisotopic (exact) mass is 198 g/mol. The third kappa shape index (κ3) is 2.18. The van der Waals surface area contributed by atoms with Crippen LogP contribution in [0.25, 0.3) is 0 Å². The Morgan fingerprint density at radius 3 is 3.00 bits per heavy atom. The summed E-state index contributed by atoms with van der Waals surface area (Å²) in [5.74, 6) is 0.608. The van der Waals surface area contributed by atoms with Crippen molar-refractivity contribution in [2.75, 3.05) is 26.2 Å². The quantitative estimate of drug-likeness (QED) is 0.714. The van der Waals surface area contributed by atoms with Crippen LogP contribution in [0, 0.1) is 5.92 Å². The Balaban J connectivity index is 1.77. The predicted molar refractivity (Wildman–Crippen MR) is 53.1 cm³/mol. The molecule has 2 unspecified atom stereocenters. The minimum absolute atomic E-state index is 0.136. The van der Waals surface area contributed by atoms with Gasteiger partial charge in [-0.05, 0) is 32.2 Å². The first-order chi connectivity index (χ1) is 6.75. The molecular weight excluding hydrogens is 180 g/mol. The molecule has 2 heterocycles. The van der Waals surface area contributed by atoms with E-state index in [0.717, 1.165) is 19.6 Å². The zero-order valence-electron chi connectivity index (χ0n) is 8.66. The van der Waals surface area contributed by atoms with E-state index in [1.54, 1.807) is 0 Å². The average Bonchev–Trinajstić information content (AvgIpc) is 2.56. The molecule has 0 aromatic carbocycles. The second-order valence-corrected chi connectivity index (χ2v) is 4.31. The number of carbonyl (C=O) groups excluding carboxylic acids is 1. The molecule has 2 saturated heterocycles. The van der Waals surface area contributed by atoms with Gasteiger partial charge in [0.15, 0.2) is 0 Å². The fourth-order valence-electron chi connectivity index (χ4n) is 2.12. The molecule has 2 atom stereocenters. The molecule has 4 nitrogen and oxygen atoms in total. The van der Waals surface area contributed by atoms with Crippen molar-refractivity contribution in [3.05, 3.63) is 0 Å². The lowest BCUT2D eigenvalue weighted by Gasteiger charge is -2.29. The number of hydrogen-bond donors (Lipinski definition) is 1. The van der Waals surface area contributed by atoms with Gasteiger partial charge in [0.2, 0.25) is 0 Å². The van der Waals surface area contributed by atoms with Crippen LogP contribution in [0.15, 0.2) is 0 Å². The van der Waals surface area contributed by atoms with Crippen molar-refractivity contribution in [3.63, 3.8) is 0 Å². The van der Waals surface area contributed by atoms with Gasteiger partial charge < -0.3 is 15.0 Å². The van der Waals surface area contributed by atoms with Crippen LogP contribution in [0.5, 0.6) is 0 Å². The molecule has 0 aromatic rings. The maximum absolute atomic E-state index is 11.2. The van der Waals surface area contributed by atoms with Crippen molar-refractivity contribution in [3.8, 4) is 0 Å². The molecule has 80 valence electrons. The Morgan fingerprint density at radius 1 is 1.57 bits per heavy atom. The van der Waals surface area contributed by atoms with Crippen LogP contribution in [0.1, 0.15) is 19.8 Å². The molecule has 2 aliphatic heterocycles. The van der Waals surface area contributed by atoms with E-state index in [2.05, 4.69) is 12.2 Å². The van der Waals surface area contributed by atoms with Crippen LogP contribution in [0.2, 0.25) is 0 Å². The van der Waals surface area contributed by atoms with Gasteiger partial charge in [-0.3, -0.25) is 0 Å². The third-order valence-electron chi connectivity index (χ3n) is 3.09. The van der Waals surface area contributed by atoms with Crippen molar-refractivity contribution in [2.45, 2.75) is 25.8 Å². The SMILES string of the molecule is CC1CCC(CN2CCOC2=O)CN1. The lowest BCUT2D eigenvalue weighted by Crippen LogP contribution is -2.42. The Morgan fingerprint density at radius 2 is 2.43 bits per heavy atom. The van der Waals surface area contributed by atoms with E-state index in [0.29, 0.717) is 18.6 Å². The number of piperidine rings is 1. The molecular formula is C10H18N2O2. The molecule has 0 saturated carbocycles. The molecule has 2 fully saturated rings. The van der Waals surface area contributed by atoms with Gasteiger partial charge in [-0.1, -0.05) is 0 Å². The van der Waals surface area contributed by atoms with Crippen molar-refractivity contribution >= 4 is 6.09 Å². The molecule has 0 spiro atoms. The number of nitrogens with zero attached hydrogens (tertiary/aromatic N) is 1. The first kappa shape index (κ1) is 9.77. The smallest absolute Gasteiger partial charge is 0.409 e. The van der Waals surface area contributed by atoms with Crippen molar-refractivity contribution < 1.29 is 9.53 Å². The van der Waals surface area contributed by atoms with E-state index in [4.69, 9.17) is 4.74 Å². The number of rotatable bonds is 2. The summed E-state index contributed by atoms with van der Waals surface area (Å²) in [6, 6.07) is 0.636. The highest BCUT2D eigenvalue weighted by Gasteiger charge is 2.26. The summed E-state index contributed by atoms with van der Waals surface area (Å²) in [4.78, 5) is 13.0. The van der Waals surface area contributed by atoms with E-state index >= 15 is 0 Å². The zero-order chi connectivity index (χ0) is 9.97. The van der Waals surface area contributed by atoms with Gasteiger partial charge in [-0.2, -0.15) is 0 Å². The number of carbonyl (C=O) groups is 1. The van der Waals surface area contributed by atoms with Crippen LogP contribution >= 0.6 is 0 Å². The minimum atomic E-state index is -0.136. The Labute approximate surface area is 84.6 Å². The second-order valence-electron chi connectivity index (χ2n) is 4.31. The molecule has 0 bridgehead atoms. The van der Waals surface area contributed by atoms with Crippen LogP contribution in [-0.2, 0) is 4.74 Å². The Bertz CT molecular complexity index is 212. The summed E-state index contributed by atoms with van der Waals surface area (Å²) < 4.78 is 4.89. The molecule has 0 aliphatic carbocycles. The summed E-state index contributed by atoms with van der Waals surface area (Å²) in [5.41, 5.74) is 0. The molecule has 4 heteroatoms. The Hall–Kier alpha value is -0.770. The number of nitrogens with one attached hydrogen (secondary N) is 1. The fourth-order valence-corrected chi connectivity index (χ4v) is 2.12. The number of ether oxygens (including phenoxy) is 1. The van der Waals surface area contributed by atoms with Gasteiger partial charge in [0.25, 0.3) is 0 Å². The highest BCUT2D eigenvalue weighted by Crippen LogP contribution is 2.17. The molecule has 2 aliphatic rings. The maximum atomic E-state index is 11.2. The highest BCUT2D eigenvalue weighted by molar-refractivity contribution is 5.69. The highest BCUT2D eigenvalue weighted by atomic mass is 16.6. The molecule has 0 radical (unpaired) electrons. The third-order valence-corrected chi connectivity index (χ3v) is 3.09. The summed E-state index contributed by atoms with van der Waals surface area (Å²) in [6.45, 7) is 5.43. The lowest BCUT2D eigenvalue weighted by atomic mass is 9.95. The van der Waals surface area contributed by atoms with Gasteiger partial charge in [-0.25, -0.2) is 4.79 Å². The van der Waals surface area contributed by atoms with Crippen molar-refractivity contribution in [1.29, 1.82) is 0 Å². The fraction of sp³-hybridized carbons (Fsp3) is 0.900. The predicted octanol–water partition coefficient (Wildman–Crippen LogP) is 0.827. The van der Waals surface area contributed by atoms with Crippen LogP contribution in [-0.4, -0.2) is 43.3 Å². The van der Waals surface area contributed by atoms with Gasteiger partial charge in [0.1, 0.15) is 6.61 Å². The zero-order valence-corrected chi connectivity index (χ0v) is 8.66. The summed E-state index contributed by atoms with van der Waals surface area (Å²) in [7, 11) is 0. The Kier molecular flexibility index (Phi) is 2.91. The molecule has 1 amide bonds. The van der Waals surface area contributed by atoms with Gasteiger partial charge in [-0.15, -0.1) is 0 Å². The van der Waals surface area contributed by atoms with Crippen molar-refractivity contribution in [1.82, 2.24) is 10.2 Å². The summed E-state index contributed by atoms with van der Waals surface area (Å²) in [5, 5.41) is 3.44. The van der Waals surface area contributed by atoms with Gasteiger partial charge in [0.05, 0.1) is 6.54 Å². The summed E-state index contributed by atoms with van der Waals surface area (Å²) >= 11 is 0. The second kappa shape index (κ2) is 4.17. The van der Waals surface area contributed by atoms with E-state index in [1.165, 1.54) is 12.8 Å². The molecule has 2 rings (SSSR count). The van der Waals surface area contributed by atoms with E-state index < -0.39 is 0 Å². The standard InChI is InChI=1S/C10H18N2O2/c1-8-2-3-9(6-11-8)7-12-4-5-14-10(12)13/h8-9,11H,2-7H2,1H3. The largest absolute Gasteiger partial charge is 0.448 e. The molecule has 1 N–H and O–H groups in total. The molecule has 0 aromatic heterocycles. The first-order valence-electron chi connectivity index (χ1n) is 5.41. The van der Waals surface area contributed by atoms with E-state index in [9.17, 15) is 4.79 Å². The average molecular weight is 198 g/mol. The van der Waals surface area contributed by atoms with Gasteiger partial charge >= 0.3 is 6.09 Å². The first-order valence-corrected chi connectivity index (χ1v) is 5.41. The molecule has 14 heavy (non-hydrogen) atoms. The number of amides is 1. The van der Waals surface area contributed by atoms with Crippen molar-refractivity contribution in [2.24, 2.45) is 5.92 Å². The lowest BCUT2D eigenvalue weighted by molar-refractivity contribution is 0.150. The normalized spacial score (nSPS) is 33.2. The minimum Gasteiger partial charge on any atom is -0.448 e. The van der Waals surface area contributed by atoms with E-state index in [-0.39, 0.29) is 6.09 Å². The number of hydrogen-bond acceptors (Lipinski definition) is 3. The van der Waals surface area contributed by atoms with Crippen LogP contribution in [0.4, 0.5) is 4.79 Å². The summed E-state index contributed by atoms with van der Waals surface area (Å²) in [6.07, 6.45) is 2.30.